The molecule has 2 aliphatic carbocycles. The first-order chi connectivity index (χ1) is 27.4. The van der Waals surface area contributed by atoms with Gasteiger partial charge in [0.2, 0.25) is 17.7 Å². The van der Waals surface area contributed by atoms with Crippen LogP contribution in [0.5, 0.6) is 0 Å². The summed E-state index contributed by atoms with van der Waals surface area (Å²) < 4.78 is 45.4. The number of halogens is 3. The number of ether oxygens (including phenoxy) is 1. The van der Waals surface area contributed by atoms with Crippen molar-refractivity contribution in [3.05, 3.63) is 95.1 Å². The minimum Gasteiger partial charge on any atom is -0.446 e. The number of rotatable bonds is 13. The highest BCUT2D eigenvalue weighted by Crippen LogP contribution is 2.44. The minimum absolute atomic E-state index is 0.0122. The number of carbonyl (C=O) groups excluding carboxylic acids is 5. The van der Waals surface area contributed by atoms with Crippen LogP contribution in [0, 0.1) is 0 Å². The summed E-state index contributed by atoms with van der Waals surface area (Å²) in [7, 11) is 1.59. The molecule has 57 heavy (non-hydrogen) atoms. The molecule has 12 nitrogen and oxygen atoms in total. The van der Waals surface area contributed by atoms with Gasteiger partial charge in [0.25, 0.3) is 0 Å². The molecule has 16 heteroatoms. The lowest BCUT2D eigenvalue weighted by atomic mass is 9.87. The molecule has 0 radical (unpaired) electrons. The number of hydroxylamine groups is 2. The van der Waals surface area contributed by atoms with Crippen LogP contribution in [-0.4, -0.2) is 95.9 Å². The fourth-order valence-corrected chi connectivity index (χ4v) is 8.69. The fourth-order valence-electron chi connectivity index (χ4n) is 7.53. The van der Waals surface area contributed by atoms with Crippen molar-refractivity contribution in [1.82, 2.24) is 25.9 Å². The Morgan fingerprint density at radius 1 is 0.930 bits per heavy atom. The van der Waals surface area contributed by atoms with Gasteiger partial charge in [0.15, 0.2) is 0 Å². The fraction of sp³-hybridized carbons (Fsp3) is 0.439. The predicted molar refractivity (Wildman–Crippen MR) is 206 cm³/mol. The Labute approximate surface area is 333 Å². The highest BCUT2D eigenvalue weighted by molar-refractivity contribution is 7.99. The topological polar surface area (TPSA) is 146 Å². The number of likely N-dealkylation sites (N-methyl/N-ethyl adjacent to an activating group) is 1. The number of alkyl halides is 3. The van der Waals surface area contributed by atoms with E-state index >= 15 is 0 Å². The number of fused-ring (bicyclic) bond motifs is 4. The predicted octanol–water partition coefficient (Wildman–Crippen LogP) is 5.62. The maximum atomic E-state index is 14.1. The SMILES string of the molecule is CNC(C)C(=O)NC(CCCCN(OC(=O)C(F)(F)F)C(=O)OCC1c2ccccc2-c2ccccc21)C(=O)N1CSCC1C(=O)NC1CCCc2ccccc21. The molecule has 4 unspecified atom stereocenters. The second kappa shape index (κ2) is 18.4. The van der Waals surface area contributed by atoms with E-state index in [0.717, 1.165) is 47.1 Å². The van der Waals surface area contributed by atoms with Gasteiger partial charge in [0.1, 0.15) is 18.7 Å². The van der Waals surface area contributed by atoms with Gasteiger partial charge in [0.05, 0.1) is 24.5 Å². The average Bonchev–Trinajstić information content (AvgIpc) is 3.83. The summed E-state index contributed by atoms with van der Waals surface area (Å²) >= 11 is 1.41. The first-order valence-electron chi connectivity index (χ1n) is 19.0. The Hall–Kier alpha value is -5.09. The summed E-state index contributed by atoms with van der Waals surface area (Å²) in [6.45, 7) is 0.894. The zero-order valence-corrected chi connectivity index (χ0v) is 32.5. The highest BCUT2D eigenvalue weighted by atomic mass is 32.2. The van der Waals surface area contributed by atoms with E-state index in [2.05, 4.69) is 20.8 Å². The van der Waals surface area contributed by atoms with Crippen molar-refractivity contribution in [1.29, 1.82) is 0 Å². The summed E-state index contributed by atoms with van der Waals surface area (Å²) in [6, 6.07) is 20.3. The van der Waals surface area contributed by atoms with Crippen LogP contribution in [0.3, 0.4) is 0 Å². The molecule has 0 bridgehead atoms. The lowest BCUT2D eigenvalue weighted by molar-refractivity contribution is -0.231. The van der Waals surface area contributed by atoms with E-state index in [1.54, 1.807) is 14.0 Å². The number of unbranched alkanes of at least 4 members (excludes halogenated alkanes) is 1. The van der Waals surface area contributed by atoms with Gasteiger partial charge < -0.3 is 30.4 Å². The van der Waals surface area contributed by atoms with Crippen LogP contribution in [0.2, 0.25) is 0 Å². The average molecular weight is 810 g/mol. The summed E-state index contributed by atoms with van der Waals surface area (Å²) in [6.07, 6.45) is -3.98. The number of carbonyl (C=O) groups is 5. The molecular formula is C41H46F3N5O7S. The van der Waals surface area contributed by atoms with E-state index in [-0.39, 0.29) is 48.8 Å². The second-order valence-electron chi connectivity index (χ2n) is 14.3. The van der Waals surface area contributed by atoms with Crippen molar-refractivity contribution in [2.24, 2.45) is 0 Å². The van der Waals surface area contributed by atoms with E-state index in [0.29, 0.717) is 5.75 Å². The molecule has 3 N–H and O–H groups in total. The van der Waals surface area contributed by atoms with Gasteiger partial charge in [-0.1, -0.05) is 72.8 Å². The molecule has 6 rings (SSSR count). The Morgan fingerprint density at radius 3 is 2.25 bits per heavy atom. The van der Waals surface area contributed by atoms with Crippen molar-refractivity contribution in [3.63, 3.8) is 0 Å². The van der Waals surface area contributed by atoms with Crippen LogP contribution >= 0.6 is 11.8 Å². The summed E-state index contributed by atoms with van der Waals surface area (Å²) in [5.41, 5.74) is 5.89. The lowest BCUT2D eigenvalue weighted by Gasteiger charge is -2.31. The van der Waals surface area contributed by atoms with E-state index in [1.165, 1.54) is 22.2 Å². The van der Waals surface area contributed by atoms with E-state index in [1.807, 2.05) is 72.8 Å². The summed E-state index contributed by atoms with van der Waals surface area (Å²) in [5.74, 6) is -3.67. The van der Waals surface area contributed by atoms with Crippen molar-refractivity contribution in [3.8, 4) is 11.1 Å². The van der Waals surface area contributed by atoms with Gasteiger partial charge in [-0.3, -0.25) is 14.4 Å². The van der Waals surface area contributed by atoms with Crippen molar-refractivity contribution in [2.75, 3.05) is 31.8 Å². The second-order valence-corrected chi connectivity index (χ2v) is 15.3. The molecule has 4 amide bonds. The number of amides is 4. The lowest BCUT2D eigenvalue weighted by Crippen LogP contribution is -2.56. The molecule has 0 spiro atoms. The molecule has 1 heterocycles. The Bertz CT molecular complexity index is 1920. The zero-order chi connectivity index (χ0) is 40.7. The van der Waals surface area contributed by atoms with Gasteiger partial charge in [0, 0.05) is 11.7 Å². The summed E-state index contributed by atoms with van der Waals surface area (Å²) in [5, 5.41) is 8.95. The van der Waals surface area contributed by atoms with Crippen molar-refractivity contribution < 1.29 is 46.7 Å². The highest BCUT2D eigenvalue weighted by Gasteiger charge is 2.44. The van der Waals surface area contributed by atoms with Crippen LogP contribution in [-0.2, 0) is 35.2 Å². The smallest absolute Gasteiger partial charge is 0.446 e. The molecule has 3 aromatic carbocycles. The van der Waals surface area contributed by atoms with E-state index < -0.39 is 60.6 Å². The van der Waals surface area contributed by atoms with E-state index in [9.17, 15) is 37.1 Å². The van der Waals surface area contributed by atoms with Gasteiger partial charge >= 0.3 is 18.2 Å². The first-order valence-corrected chi connectivity index (χ1v) is 20.2. The number of hydrogen-bond acceptors (Lipinski definition) is 9. The molecule has 304 valence electrons. The molecule has 1 aliphatic heterocycles. The molecule has 3 aromatic rings. The maximum absolute atomic E-state index is 14.1. The maximum Gasteiger partial charge on any atom is 0.493 e. The van der Waals surface area contributed by atoms with Crippen LogP contribution < -0.4 is 16.0 Å². The van der Waals surface area contributed by atoms with Crippen LogP contribution in [0.4, 0.5) is 18.0 Å². The van der Waals surface area contributed by atoms with Crippen LogP contribution in [0.1, 0.15) is 73.2 Å². The molecule has 0 saturated carbocycles. The third kappa shape index (κ3) is 9.72. The number of nitrogens with zero attached hydrogens (tertiary/aromatic N) is 2. The molecular weight excluding hydrogens is 764 g/mol. The Balaban J connectivity index is 1.10. The minimum atomic E-state index is -5.38. The molecule has 3 aliphatic rings. The molecule has 0 aromatic heterocycles. The van der Waals surface area contributed by atoms with E-state index in [4.69, 9.17) is 4.74 Å². The Kier molecular flexibility index (Phi) is 13.4. The number of nitrogens with one attached hydrogen (secondary N) is 3. The molecule has 1 fully saturated rings. The largest absolute Gasteiger partial charge is 0.493 e. The van der Waals surface area contributed by atoms with Gasteiger partial charge in [-0.15, -0.1) is 16.8 Å². The number of thioether (sulfide) groups is 1. The quantitative estimate of drug-likeness (QED) is 0.148. The standard InChI is InChI=1S/C41H46F3N5O7S/c1-25(45-2)36(50)47-34(38(52)48-24-57-23-35(48)37(51)46-33-20-11-13-26-12-3-4-14-27(26)33)19-9-10-21-49(56-39(53)41(42,43)44)40(54)55-22-32-30-17-7-5-15-28(30)29-16-6-8-18-31(29)32/h3-8,12,14-18,25,32-35,45H,9-11,13,19-24H2,1-2H3,(H,46,51)(H,47,50). The van der Waals surface area contributed by atoms with Gasteiger partial charge in [-0.25, -0.2) is 9.59 Å². The van der Waals surface area contributed by atoms with Crippen LogP contribution in [0.15, 0.2) is 72.8 Å². The zero-order valence-electron chi connectivity index (χ0n) is 31.7. The third-order valence-corrected chi connectivity index (χ3v) is 11.7. The van der Waals surface area contributed by atoms with Crippen molar-refractivity contribution in [2.45, 2.75) is 81.7 Å². The number of aryl methyl sites for hydroxylation is 1. The Morgan fingerprint density at radius 2 is 1.58 bits per heavy atom. The molecule has 4 atom stereocenters. The van der Waals surface area contributed by atoms with Crippen molar-refractivity contribution >= 4 is 41.5 Å². The van der Waals surface area contributed by atoms with Gasteiger partial charge in [-0.2, -0.15) is 13.2 Å². The summed E-state index contributed by atoms with van der Waals surface area (Å²) in [4.78, 5) is 71.9. The normalized spacial score (nSPS) is 18.4. The molecule has 1 saturated heterocycles. The third-order valence-electron chi connectivity index (χ3n) is 10.7. The number of hydrogen-bond donors (Lipinski definition) is 3. The first kappa shape index (κ1) is 41.5. The number of benzene rings is 3. The monoisotopic (exact) mass is 809 g/mol. The van der Waals surface area contributed by atoms with Crippen LogP contribution in [0.25, 0.3) is 11.1 Å². The van der Waals surface area contributed by atoms with Gasteiger partial charge in [-0.05, 0) is 85.9 Å².